The first-order valence-electron chi connectivity index (χ1n) is 7.62. The SMILES string of the molecule is CCCNc1cc(NC2CC2(C)C)nc(C(C)(C)C)n1. The third-order valence-corrected chi connectivity index (χ3v) is 3.79. The minimum atomic E-state index is -0.0423. The van der Waals surface area contributed by atoms with Crippen molar-refractivity contribution in [2.75, 3.05) is 17.2 Å². The molecule has 1 aliphatic rings. The molecule has 0 radical (unpaired) electrons. The molecule has 112 valence electrons. The molecule has 20 heavy (non-hydrogen) atoms. The molecule has 1 aliphatic carbocycles. The Morgan fingerprint density at radius 1 is 1.25 bits per heavy atom. The van der Waals surface area contributed by atoms with E-state index in [1.807, 2.05) is 6.07 Å². The number of nitrogens with zero attached hydrogens (tertiary/aromatic N) is 2. The molecule has 2 N–H and O–H groups in total. The van der Waals surface area contributed by atoms with Gasteiger partial charge in [0.2, 0.25) is 0 Å². The van der Waals surface area contributed by atoms with Crippen molar-refractivity contribution in [2.45, 2.75) is 65.8 Å². The molecule has 1 atom stereocenters. The van der Waals surface area contributed by atoms with Gasteiger partial charge in [0.15, 0.2) is 0 Å². The summed E-state index contributed by atoms with van der Waals surface area (Å²) in [6.07, 6.45) is 2.30. The maximum Gasteiger partial charge on any atom is 0.138 e. The summed E-state index contributed by atoms with van der Waals surface area (Å²) in [4.78, 5) is 9.34. The lowest BCUT2D eigenvalue weighted by molar-refractivity contribution is 0.546. The van der Waals surface area contributed by atoms with Gasteiger partial charge in [-0.05, 0) is 18.3 Å². The average molecular weight is 276 g/mol. The molecule has 0 spiro atoms. The van der Waals surface area contributed by atoms with Gasteiger partial charge in [0, 0.05) is 24.1 Å². The van der Waals surface area contributed by atoms with E-state index in [2.05, 4.69) is 57.2 Å². The van der Waals surface area contributed by atoms with Crippen LogP contribution in [0.25, 0.3) is 0 Å². The first kappa shape index (κ1) is 15.1. The third kappa shape index (κ3) is 3.62. The van der Waals surface area contributed by atoms with Gasteiger partial charge in [0.05, 0.1) is 0 Å². The lowest BCUT2D eigenvalue weighted by Crippen LogP contribution is -2.19. The van der Waals surface area contributed by atoms with E-state index < -0.39 is 0 Å². The lowest BCUT2D eigenvalue weighted by Gasteiger charge is -2.19. The van der Waals surface area contributed by atoms with E-state index in [-0.39, 0.29) is 5.41 Å². The largest absolute Gasteiger partial charge is 0.370 e. The van der Waals surface area contributed by atoms with E-state index in [1.165, 1.54) is 6.42 Å². The van der Waals surface area contributed by atoms with Crippen LogP contribution in [0.5, 0.6) is 0 Å². The van der Waals surface area contributed by atoms with Gasteiger partial charge in [-0.25, -0.2) is 9.97 Å². The quantitative estimate of drug-likeness (QED) is 0.858. The Morgan fingerprint density at radius 3 is 2.35 bits per heavy atom. The normalized spacial score (nSPS) is 20.6. The fraction of sp³-hybridized carbons (Fsp3) is 0.750. The maximum atomic E-state index is 4.70. The monoisotopic (exact) mass is 276 g/mol. The van der Waals surface area contributed by atoms with Crippen molar-refractivity contribution in [1.29, 1.82) is 0 Å². The molecular formula is C16H28N4. The summed E-state index contributed by atoms with van der Waals surface area (Å²) < 4.78 is 0. The average Bonchev–Trinajstić information content (AvgIpc) is 2.92. The number of hydrogen-bond donors (Lipinski definition) is 2. The summed E-state index contributed by atoms with van der Waals surface area (Å²) in [6.45, 7) is 14.1. The Morgan fingerprint density at radius 2 is 1.85 bits per heavy atom. The van der Waals surface area contributed by atoms with Crippen LogP contribution in [-0.4, -0.2) is 22.6 Å². The van der Waals surface area contributed by atoms with Crippen molar-refractivity contribution >= 4 is 11.6 Å². The second kappa shape index (κ2) is 5.23. The molecule has 1 saturated carbocycles. The molecule has 1 fully saturated rings. The lowest BCUT2D eigenvalue weighted by atomic mass is 9.96. The first-order valence-corrected chi connectivity index (χ1v) is 7.62. The van der Waals surface area contributed by atoms with Gasteiger partial charge >= 0.3 is 0 Å². The van der Waals surface area contributed by atoms with Gasteiger partial charge in [-0.2, -0.15) is 0 Å². The molecule has 1 unspecified atom stereocenters. The summed E-state index contributed by atoms with van der Waals surface area (Å²) in [5.74, 6) is 2.76. The Balaban J connectivity index is 2.21. The van der Waals surface area contributed by atoms with E-state index in [1.54, 1.807) is 0 Å². The number of anilines is 2. The minimum absolute atomic E-state index is 0.0423. The highest BCUT2D eigenvalue weighted by atomic mass is 15.1. The molecule has 0 aliphatic heterocycles. The number of nitrogens with one attached hydrogen (secondary N) is 2. The van der Waals surface area contributed by atoms with Crippen molar-refractivity contribution < 1.29 is 0 Å². The van der Waals surface area contributed by atoms with Crippen LogP contribution in [0, 0.1) is 5.41 Å². The van der Waals surface area contributed by atoms with E-state index in [4.69, 9.17) is 4.98 Å². The topological polar surface area (TPSA) is 49.8 Å². The zero-order valence-corrected chi connectivity index (χ0v) is 13.7. The van der Waals surface area contributed by atoms with Gasteiger partial charge in [-0.3, -0.25) is 0 Å². The predicted molar refractivity (Wildman–Crippen MR) is 85.3 cm³/mol. The predicted octanol–water partition coefficient (Wildman–Crippen LogP) is 3.81. The van der Waals surface area contributed by atoms with Crippen LogP contribution >= 0.6 is 0 Å². The highest BCUT2D eigenvalue weighted by Crippen LogP contribution is 2.46. The van der Waals surface area contributed by atoms with Crippen molar-refractivity contribution in [3.8, 4) is 0 Å². The van der Waals surface area contributed by atoms with Gasteiger partial charge in [-0.1, -0.05) is 41.5 Å². The van der Waals surface area contributed by atoms with Crippen LogP contribution in [0.3, 0.4) is 0 Å². The minimum Gasteiger partial charge on any atom is -0.370 e. The highest BCUT2D eigenvalue weighted by Gasteiger charge is 2.45. The molecule has 0 amide bonds. The summed E-state index contributed by atoms with van der Waals surface area (Å²) >= 11 is 0. The molecule has 0 aromatic carbocycles. The van der Waals surface area contributed by atoms with E-state index >= 15 is 0 Å². The fourth-order valence-electron chi connectivity index (χ4n) is 2.09. The summed E-state index contributed by atoms with van der Waals surface area (Å²) in [5, 5.41) is 6.91. The Hall–Kier alpha value is -1.32. The van der Waals surface area contributed by atoms with Crippen molar-refractivity contribution in [3.63, 3.8) is 0 Å². The van der Waals surface area contributed by atoms with Gasteiger partial charge < -0.3 is 10.6 Å². The van der Waals surface area contributed by atoms with Gasteiger partial charge in [0.1, 0.15) is 17.5 Å². The molecular weight excluding hydrogens is 248 g/mol. The van der Waals surface area contributed by atoms with E-state index in [0.717, 1.165) is 30.4 Å². The standard InChI is InChI=1S/C16H28N4/c1-7-8-17-12-9-13(18-11-10-16(11,5)6)20-14(19-12)15(2,3)4/h9,11H,7-8,10H2,1-6H3,(H2,17,18,19,20). The Bertz CT molecular complexity index is 474. The zero-order chi connectivity index (χ0) is 15.0. The van der Waals surface area contributed by atoms with Crippen molar-refractivity contribution in [3.05, 3.63) is 11.9 Å². The number of aromatic nitrogens is 2. The third-order valence-electron chi connectivity index (χ3n) is 3.79. The second-order valence-electron chi connectivity index (χ2n) is 7.53. The maximum absolute atomic E-state index is 4.70. The van der Waals surface area contributed by atoms with Crippen LogP contribution in [-0.2, 0) is 5.41 Å². The second-order valence-corrected chi connectivity index (χ2v) is 7.53. The molecule has 0 bridgehead atoms. The van der Waals surface area contributed by atoms with E-state index in [9.17, 15) is 0 Å². The van der Waals surface area contributed by atoms with Crippen molar-refractivity contribution in [2.24, 2.45) is 5.41 Å². The molecule has 1 aromatic heterocycles. The number of rotatable bonds is 5. The summed E-state index contributed by atoms with van der Waals surface area (Å²) in [7, 11) is 0. The molecule has 1 aromatic rings. The van der Waals surface area contributed by atoms with Crippen LogP contribution in [0.4, 0.5) is 11.6 Å². The van der Waals surface area contributed by atoms with E-state index in [0.29, 0.717) is 11.5 Å². The van der Waals surface area contributed by atoms with Gasteiger partial charge in [-0.15, -0.1) is 0 Å². The molecule has 4 heteroatoms. The Kier molecular flexibility index (Phi) is 3.94. The van der Waals surface area contributed by atoms with Crippen molar-refractivity contribution in [1.82, 2.24) is 9.97 Å². The molecule has 4 nitrogen and oxygen atoms in total. The fourth-order valence-corrected chi connectivity index (χ4v) is 2.09. The summed E-state index contributed by atoms with van der Waals surface area (Å²) in [6, 6.07) is 2.56. The summed E-state index contributed by atoms with van der Waals surface area (Å²) in [5.41, 5.74) is 0.350. The molecule has 0 saturated heterocycles. The first-order chi connectivity index (χ1) is 9.22. The molecule has 1 heterocycles. The van der Waals surface area contributed by atoms with Crippen LogP contribution in [0.2, 0.25) is 0 Å². The Labute approximate surface area is 122 Å². The van der Waals surface area contributed by atoms with Crippen LogP contribution in [0.15, 0.2) is 6.07 Å². The smallest absolute Gasteiger partial charge is 0.138 e. The zero-order valence-electron chi connectivity index (χ0n) is 13.7. The van der Waals surface area contributed by atoms with Gasteiger partial charge in [0.25, 0.3) is 0 Å². The highest BCUT2D eigenvalue weighted by molar-refractivity contribution is 5.50. The molecule has 2 rings (SSSR count). The number of hydrogen-bond acceptors (Lipinski definition) is 4. The van der Waals surface area contributed by atoms with Crippen LogP contribution < -0.4 is 10.6 Å². The van der Waals surface area contributed by atoms with Crippen LogP contribution in [0.1, 0.15) is 60.2 Å².